The Kier molecular flexibility index (Phi) is 40.2. The maximum atomic E-state index is 12.8. The molecule has 0 aromatic carbocycles. The molecule has 0 saturated carbocycles. The molecule has 0 aromatic heterocycles. The molecule has 0 spiro atoms. The summed E-state index contributed by atoms with van der Waals surface area (Å²) in [6, 6.07) is 0. The second-order valence-electron chi connectivity index (χ2n) is 17.3. The average Bonchev–Trinajstić information content (AvgIpc) is 3.25. The van der Waals surface area contributed by atoms with Crippen LogP contribution in [0.2, 0.25) is 0 Å². The lowest BCUT2D eigenvalue weighted by atomic mass is 9.99. The predicted molar refractivity (Wildman–Crippen MR) is 247 cm³/mol. The lowest BCUT2D eigenvalue weighted by Gasteiger charge is -2.39. The van der Waals surface area contributed by atoms with Gasteiger partial charge >= 0.3 is 5.97 Å². The summed E-state index contributed by atoms with van der Waals surface area (Å²) in [4.78, 5) is 12.8. The molecule has 1 aliphatic heterocycles. The number of rotatable bonds is 43. The molecule has 1 fully saturated rings. The molecule has 9 heteroatoms. The van der Waals surface area contributed by atoms with Crippen LogP contribution in [-0.4, -0.2) is 89.6 Å². The normalized spacial score (nSPS) is 20.3. The van der Waals surface area contributed by atoms with Gasteiger partial charge in [0.05, 0.1) is 19.8 Å². The van der Waals surface area contributed by atoms with Crippen molar-refractivity contribution in [2.24, 2.45) is 0 Å². The fraction of sp³-hybridized carbons (Fsp3) is 0.863. The van der Waals surface area contributed by atoms with E-state index < -0.39 is 43.4 Å². The Morgan fingerprint density at radius 3 is 1.48 bits per heavy atom. The Bertz CT molecular complexity index is 1010. The van der Waals surface area contributed by atoms with Crippen LogP contribution in [0.3, 0.4) is 0 Å². The van der Waals surface area contributed by atoms with Crippen LogP contribution in [0.1, 0.15) is 219 Å². The monoisotopic (exact) mass is 851 g/mol. The minimum absolute atomic E-state index is 0.116. The van der Waals surface area contributed by atoms with Crippen LogP contribution in [-0.2, 0) is 23.7 Å². The summed E-state index contributed by atoms with van der Waals surface area (Å²) in [5, 5.41) is 40.2. The summed E-state index contributed by atoms with van der Waals surface area (Å²) in [6.07, 6.45) is 44.5. The van der Waals surface area contributed by atoms with Crippen molar-refractivity contribution in [2.45, 2.75) is 256 Å². The van der Waals surface area contributed by atoms with E-state index >= 15 is 0 Å². The lowest BCUT2D eigenvalue weighted by Crippen LogP contribution is -2.59. The number of allylic oxidation sites excluding steroid dienone is 6. The number of unbranched alkanes of at least 4 members (excludes halogenated alkanes) is 26. The van der Waals surface area contributed by atoms with Crippen LogP contribution in [0.15, 0.2) is 36.5 Å². The fourth-order valence-corrected chi connectivity index (χ4v) is 7.62. The standard InChI is InChI=1S/C51H94O9/c1-3-5-7-9-11-13-15-17-19-21-23-24-26-28-30-32-34-36-38-40-47(53)59-45(44-58-51-50(56)49(55)48(54)46(42-52)60-51)43-57-41-39-37-35-33-31-29-27-25-22-20-18-16-14-12-10-8-6-4-2/h11,13,17,19,23-24,45-46,48-52,54-56H,3-10,12,14-16,18,20-22,25-44H2,1-2H3/b13-11-,19-17-,24-23-. The Balaban J connectivity index is 2.23. The highest BCUT2D eigenvalue weighted by Gasteiger charge is 2.44. The highest BCUT2D eigenvalue weighted by atomic mass is 16.7. The van der Waals surface area contributed by atoms with E-state index in [-0.39, 0.29) is 19.2 Å². The van der Waals surface area contributed by atoms with Crippen LogP contribution in [0.25, 0.3) is 0 Å². The molecule has 0 radical (unpaired) electrons. The Morgan fingerprint density at radius 2 is 0.967 bits per heavy atom. The predicted octanol–water partition coefficient (Wildman–Crippen LogP) is 11.9. The summed E-state index contributed by atoms with van der Waals surface area (Å²) in [5.74, 6) is -0.323. The first-order valence-corrected chi connectivity index (χ1v) is 25.1. The molecular weight excluding hydrogens is 757 g/mol. The zero-order chi connectivity index (χ0) is 43.6. The second-order valence-corrected chi connectivity index (χ2v) is 17.3. The first-order valence-electron chi connectivity index (χ1n) is 25.1. The Morgan fingerprint density at radius 1 is 0.533 bits per heavy atom. The summed E-state index contributed by atoms with van der Waals surface area (Å²) in [5.41, 5.74) is 0. The minimum atomic E-state index is -1.54. The van der Waals surface area contributed by atoms with Crippen LogP contribution in [0.5, 0.6) is 0 Å². The van der Waals surface area contributed by atoms with Gasteiger partial charge in [-0.1, -0.05) is 198 Å². The van der Waals surface area contributed by atoms with Gasteiger partial charge in [0.2, 0.25) is 0 Å². The topological polar surface area (TPSA) is 135 Å². The second kappa shape index (κ2) is 42.7. The lowest BCUT2D eigenvalue weighted by molar-refractivity contribution is -0.305. The number of esters is 1. The molecule has 60 heavy (non-hydrogen) atoms. The maximum absolute atomic E-state index is 12.8. The van der Waals surface area contributed by atoms with Gasteiger partial charge in [0.15, 0.2) is 6.29 Å². The van der Waals surface area contributed by atoms with Gasteiger partial charge in [-0.3, -0.25) is 4.79 Å². The molecule has 1 aliphatic rings. The van der Waals surface area contributed by atoms with Crippen molar-refractivity contribution in [3.63, 3.8) is 0 Å². The van der Waals surface area contributed by atoms with Gasteiger partial charge in [-0.15, -0.1) is 0 Å². The number of aliphatic hydroxyl groups is 4. The molecule has 0 amide bonds. The third-order valence-electron chi connectivity index (χ3n) is 11.6. The summed E-state index contributed by atoms with van der Waals surface area (Å²) < 4.78 is 22.9. The molecule has 352 valence electrons. The van der Waals surface area contributed by atoms with Gasteiger partial charge in [-0.05, 0) is 51.4 Å². The van der Waals surface area contributed by atoms with E-state index in [4.69, 9.17) is 18.9 Å². The van der Waals surface area contributed by atoms with E-state index in [1.54, 1.807) is 0 Å². The number of ether oxygens (including phenoxy) is 4. The molecule has 0 bridgehead atoms. The molecule has 6 unspecified atom stereocenters. The van der Waals surface area contributed by atoms with Gasteiger partial charge in [0, 0.05) is 13.0 Å². The summed E-state index contributed by atoms with van der Waals surface area (Å²) in [6.45, 7) is 4.55. The molecule has 9 nitrogen and oxygen atoms in total. The smallest absolute Gasteiger partial charge is 0.306 e. The van der Waals surface area contributed by atoms with Crippen molar-refractivity contribution in [1.29, 1.82) is 0 Å². The van der Waals surface area contributed by atoms with Crippen molar-refractivity contribution in [3.8, 4) is 0 Å². The van der Waals surface area contributed by atoms with Crippen LogP contribution >= 0.6 is 0 Å². The van der Waals surface area contributed by atoms with E-state index in [2.05, 4.69) is 50.3 Å². The quantitative estimate of drug-likeness (QED) is 0.0269. The highest BCUT2D eigenvalue weighted by molar-refractivity contribution is 5.69. The fourth-order valence-electron chi connectivity index (χ4n) is 7.62. The number of carbonyl (C=O) groups is 1. The van der Waals surface area contributed by atoms with Crippen LogP contribution in [0, 0.1) is 0 Å². The van der Waals surface area contributed by atoms with Gasteiger partial charge in [0.1, 0.15) is 30.5 Å². The first kappa shape index (κ1) is 56.4. The van der Waals surface area contributed by atoms with Crippen LogP contribution < -0.4 is 0 Å². The van der Waals surface area contributed by atoms with E-state index in [0.717, 1.165) is 57.8 Å². The molecule has 4 N–H and O–H groups in total. The van der Waals surface area contributed by atoms with E-state index in [9.17, 15) is 25.2 Å². The molecule has 1 saturated heterocycles. The molecule has 0 aliphatic carbocycles. The number of carbonyl (C=O) groups excluding carboxylic acids is 1. The van der Waals surface area contributed by atoms with Gasteiger partial charge < -0.3 is 39.4 Å². The summed E-state index contributed by atoms with van der Waals surface area (Å²) in [7, 11) is 0. The van der Waals surface area contributed by atoms with E-state index in [1.165, 1.54) is 141 Å². The third-order valence-corrected chi connectivity index (χ3v) is 11.6. The van der Waals surface area contributed by atoms with Gasteiger partial charge in [0.25, 0.3) is 0 Å². The highest BCUT2D eigenvalue weighted by Crippen LogP contribution is 2.23. The Hall–Kier alpha value is -1.59. The van der Waals surface area contributed by atoms with Crippen molar-refractivity contribution >= 4 is 5.97 Å². The molecule has 1 rings (SSSR count). The number of hydrogen-bond donors (Lipinski definition) is 4. The molecule has 0 aromatic rings. The average molecular weight is 851 g/mol. The Labute approximate surface area is 368 Å². The molecule has 1 heterocycles. The minimum Gasteiger partial charge on any atom is -0.457 e. The number of aliphatic hydroxyl groups excluding tert-OH is 4. The van der Waals surface area contributed by atoms with Crippen LogP contribution in [0.4, 0.5) is 0 Å². The zero-order valence-corrected chi connectivity index (χ0v) is 38.7. The zero-order valence-electron chi connectivity index (χ0n) is 38.7. The summed E-state index contributed by atoms with van der Waals surface area (Å²) >= 11 is 0. The SMILES string of the molecule is CCCCC/C=C\C/C=C\C/C=C\CCCCCCCCC(=O)OC(COCCCCCCCCCCCCCCCCCCCC)COC1OC(CO)C(O)C(O)C1O. The van der Waals surface area contributed by atoms with Crippen molar-refractivity contribution < 1.29 is 44.2 Å². The number of hydrogen-bond acceptors (Lipinski definition) is 9. The first-order chi connectivity index (χ1) is 29.4. The molecule has 6 atom stereocenters. The maximum Gasteiger partial charge on any atom is 0.306 e. The van der Waals surface area contributed by atoms with Gasteiger partial charge in [-0.2, -0.15) is 0 Å². The third kappa shape index (κ3) is 33.0. The largest absolute Gasteiger partial charge is 0.457 e. The van der Waals surface area contributed by atoms with Crippen molar-refractivity contribution in [1.82, 2.24) is 0 Å². The van der Waals surface area contributed by atoms with Crippen molar-refractivity contribution in [3.05, 3.63) is 36.5 Å². The van der Waals surface area contributed by atoms with E-state index in [0.29, 0.717) is 13.0 Å². The molecular formula is C51H94O9. The van der Waals surface area contributed by atoms with Gasteiger partial charge in [-0.25, -0.2) is 0 Å². The van der Waals surface area contributed by atoms with Crippen molar-refractivity contribution in [2.75, 3.05) is 26.4 Å². The van der Waals surface area contributed by atoms with E-state index in [1.807, 2.05) is 0 Å².